The Kier molecular flexibility index (Phi) is 2.41. The zero-order valence-electron chi connectivity index (χ0n) is 7.70. The molecule has 2 rings (SSSR count). The van der Waals surface area contributed by atoms with Gasteiger partial charge >= 0.3 is 89.0 Å². The number of benzene rings is 1. The van der Waals surface area contributed by atoms with Crippen LogP contribution in [0.5, 0.6) is 0 Å². The molecule has 0 spiro atoms. The van der Waals surface area contributed by atoms with Gasteiger partial charge in [0.2, 0.25) is 0 Å². The fraction of sp³-hybridized carbons (Fsp3) is 0.300. The monoisotopic (exact) mass is 257 g/mol. The number of fused-ring (bicyclic) bond motifs is 1. The van der Waals surface area contributed by atoms with Gasteiger partial charge in [-0.05, 0) is 0 Å². The second kappa shape index (κ2) is 3.41. The number of aromatic nitrogens is 1. The molecular weight excluding hydrogens is 245 g/mol. The van der Waals surface area contributed by atoms with Crippen LogP contribution in [0, 0.1) is 11.6 Å². The van der Waals surface area contributed by atoms with E-state index >= 15 is 0 Å². The molecule has 13 heavy (non-hydrogen) atoms. The molecule has 0 N–H and O–H groups in total. The Balaban J connectivity index is 2.84. The van der Waals surface area contributed by atoms with Gasteiger partial charge in [0.1, 0.15) is 0 Å². The molecule has 1 heterocycles. The van der Waals surface area contributed by atoms with Crippen LogP contribution < -0.4 is 0 Å². The van der Waals surface area contributed by atoms with Gasteiger partial charge in [0.05, 0.1) is 0 Å². The van der Waals surface area contributed by atoms with Gasteiger partial charge in [-0.3, -0.25) is 0 Å². The molecule has 0 aliphatic rings. The Labute approximate surface area is 89.0 Å². The molecule has 0 atom stereocenters. The molecule has 2 aromatic rings. The van der Waals surface area contributed by atoms with Crippen LogP contribution in [0.4, 0.5) is 0 Å². The minimum atomic E-state index is 0.424. The molecule has 1 nitrogen and oxygen atoms in total. The summed E-state index contributed by atoms with van der Waals surface area (Å²) in [5.74, 6) is 0. The molecular formula is C10H11NSSe. The van der Waals surface area contributed by atoms with Crippen LogP contribution in [0.1, 0.15) is 12.5 Å². The van der Waals surface area contributed by atoms with Gasteiger partial charge in [-0.15, -0.1) is 0 Å². The number of hydrogen-bond acceptors (Lipinski definition) is 1. The average Bonchev–Trinajstić information content (AvgIpc) is 2.42. The van der Waals surface area contributed by atoms with Gasteiger partial charge < -0.3 is 0 Å². The molecule has 0 bridgehead atoms. The quantitative estimate of drug-likeness (QED) is 0.561. The molecule has 0 saturated heterocycles. The summed E-state index contributed by atoms with van der Waals surface area (Å²) in [4.78, 5) is 0. The van der Waals surface area contributed by atoms with Crippen LogP contribution in [0.3, 0.4) is 0 Å². The summed E-state index contributed by atoms with van der Waals surface area (Å²) in [5, 5.41) is 1.28. The second-order valence-corrected chi connectivity index (χ2v) is 5.71. The second-order valence-electron chi connectivity index (χ2n) is 3.09. The maximum absolute atomic E-state index is 5.38. The Morgan fingerprint density at radius 2 is 2.23 bits per heavy atom. The predicted molar refractivity (Wildman–Crippen MR) is 60.1 cm³/mol. The van der Waals surface area contributed by atoms with Crippen molar-refractivity contribution in [1.29, 1.82) is 0 Å². The number of aryl methyl sites for hydroxylation is 2. The standard InChI is InChI=1S/C10H11NSSe/c1-3-11-10(12)8-5-4-7(2)6-9(8)13-11/h4-6H,3H2,1-2H3. The average molecular weight is 256 g/mol. The van der Waals surface area contributed by atoms with Crippen LogP contribution in [0.15, 0.2) is 18.2 Å². The van der Waals surface area contributed by atoms with E-state index in [9.17, 15) is 0 Å². The van der Waals surface area contributed by atoms with Crippen molar-refractivity contribution in [2.24, 2.45) is 0 Å². The molecule has 0 unspecified atom stereocenters. The molecule has 1 aromatic carbocycles. The molecule has 0 saturated carbocycles. The van der Waals surface area contributed by atoms with Gasteiger partial charge in [0.25, 0.3) is 0 Å². The summed E-state index contributed by atoms with van der Waals surface area (Å²) in [5.41, 5.74) is 1.33. The van der Waals surface area contributed by atoms with E-state index in [1.165, 1.54) is 15.2 Å². The van der Waals surface area contributed by atoms with Crippen LogP contribution in [-0.4, -0.2) is 18.3 Å². The summed E-state index contributed by atoms with van der Waals surface area (Å²) < 4.78 is 4.78. The molecule has 0 aliphatic heterocycles. The predicted octanol–water partition coefficient (Wildman–Crippen LogP) is 2.76. The van der Waals surface area contributed by atoms with Crippen molar-refractivity contribution in [2.75, 3.05) is 0 Å². The van der Waals surface area contributed by atoms with E-state index in [0.29, 0.717) is 14.7 Å². The van der Waals surface area contributed by atoms with Gasteiger partial charge in [0, 0.05) is 0 Å². The van der Waals surface area contributed by atoms with Gasteiger partial charge in [-0.2, -0.15) is 0 Å². The first kappa shape index (κ1) is 9.19. The third-order valence-corrected chi connectivity index (χ3v) is 5.30. The van der Waals surface area contributed by atoms with E-state index in [0.717, 1.165) is 11.2 Å². The van der Waals surface area contributed by atoms with E-state index in [1.807, 2.05) is 0 Å². The fourth-order valence-electron chi connectivity index (χ4n) is 1.38. The van der Waals surface area contributed by atoms with Crippen LogP contribution >= 0.6 is 12.2 Å². The molecule has 0 fully saturated rings. The SMILES string of the molecule is CCn1[se]c2cc(C)ccc2c1=S. The van der Waals surface area contributed by atoms with Crippen molar-refractivity contribution < 1.29 is 0 Å². The van der Waals surface area contributed by atoms with Gasteiger partial charge in [-0.1, -0.05) is 0 Å². The normalized spacial score (nSPS) is 10.9. The molecule has 68 valence electrons. The summed E-state index contributed by atoms with van der Waals surface area (Å²) in [6, 6.07) is 6.56. The van der Waals surface area contributed by atoms with Crippen molar-refractivity contribution in [3.63, 3.8) is 0 Å². The Morgan fingerprint density at radius 1 is 1.46 bits per heavy atom. The van der Waals surface area contributed by atoms with E-state index in [-0.39, 0.29) is 0 Å². The van der Waals surface area contributed by atoms with Crippen molar-refractivity contribution in [3.8, 4) is 0 Å². The topological polar surface area (TPSA) is 4.93 Å². The Bertz CT molecular complexity index is 495. The van der Waals surface area contributed by atoms with E-state index in [4.69, 9.17) is 12.2 Å². The molecule has 0 aliphatic carbocycles. The van der Waals surface area contributed by atoms with Crippen molar-refractivity contribution in [2.45, 2.75) is 20.4 Å². The van der Waals surface area contributed by atoms with Crippen LogP contribution in [0.2, 0.25) is 0 Å². The third-order valence-electron chi connectivity index (χ3n) is 2.09. The first-order chi connectivity index (χ1) is 6.22. The van der Waals surface area contributed by atoms with Crippen molar-refractivity contribution >= 4 is 36.6 Å². The van der Waals surface area contributed by atoms with Crippen LogP contribution in [-0.2, 0) is 6.54 Å². The van der Waals surface area contributed by atoms with E-state index < -0.39 is 0 Å². The molecule has 0 amide bonds. The fourth-order valence-corrected chi connectivity index (χ4v) is 4.23. The molecule has 0 radical (unpaired) electrons. The number of nitrogens with zero attached hydrogens (tertiary/aromatic N) is 1. The first-order valence-electron chi connectivity index (χ1n) is 4.33. The summed E-state index contributed by atoms with van der Waals surface area (Å²) in [6.45, 7) is 5.33. The zero-order chi connectivity index (χ0) is 9.42. The maximum atomic E-state index is 5.38. The number of hydrogen-bond donors (Lipinski definition) is 0. The van der Waals surface area contributed by atoms with Crippen LogP contribution in [0.25, 0.3) is 9.65 Å². The Morgan fingerprint density at radius 3 is 2.92 bits per heavy atom. The minimum absolute atomic E-state index is 0.424. The summed E-state index contributed by atoms with van der Waals surface area (Å²) in [6.07, 6.45) is 0. The van der Waals surface area contributed by atoms with Gasteiger partial charge in [0.15, 0.2) is 0 Å². The number of rotatable bonds is 1. The molecule has 3 heteroatoms. The van der Waals surface area contributed by atoms with Crippen molar-refractivity contribution in [1.82, 2.24) is 3.56 Å². The first-order valence-corrected chi connectivity index (χ1v) is 6.36. The summed E-state index contributed by atoms with van der Waals surface area (Å²) in [7, 11) is 0. The summed E-state index contributed by atoms with van der Waals surface area (Å²) >= 11 is 5.80. The van der Waals surface area contributed by atoms with Crippen molar-refractivity contribution in [3.05, 3.63) is 28.4 Å². The van der Waals surface area contributed by atoms with Gasteiger partial charge in [-0.25, -0.2) is 0 Å². The zero-order valence-corrected chi connectivity index (χ0v) is 10.2. The third kappa shape index (κ3) is 1.52. The van der Waals surface area contributed by atoms with E-state index in [1.54, 1.807) is 0 Å². The van der Waals surface area contributed by atoms with E-state index in [2.05, 4.69) is 35.6 Å². The molecule has 1 aromatic heterocycles. The Hall–Kier alpha value is -0.371.